The molecule has 3 aromatic rings. The zero-order valence-corrected chi connectivity index (χ0v) is 15.2. The fraction of sp³-hybridized carbons (Fsp3) is 0.222. The SMILES string of the molecule is Cc1ccccc1Cn1c(-c2nccs2)cc(C(F)(F)C(F)(F)F)c(N)c1=O. The van der Waals surface area contributed by atoms with Crippen molar-refractivity contribution < 1.29 is 22.0 Å². The normalized spacial score (nSPS) is 12.4. The number of rotatable bonds is 4. The minimum Gasteiger partial charge on any atom is -0.394 e. The van der Waals surface area contributed by atoms with Gasteiger partial charge in [0, 0.05) is 11.6 Å². The number of aromatic nitrogens is 2. The number of pyridine rings is 1. The number of thiazole rings is 1. The molecule has 2 aromatic heterocycles. The van der Waals surface area contributed by atoms with Crippen molar-refractivity contribution in [2.45, 2.75) is 25.6 Å². The highest BCUT2D eigenvalue weighted by atomic mass is 32.1. The molecule has 0 aliphatic carbocycles. The molecule has 4 nitrogen and oxygen atoms in total. The first-order valence-electron chi connectivity index (χ1n) is 7.96. The second-order valence-electron chi connectivity index (χ2n) is 6.08. The maximum atomic E-state index is 14.0. The van der Waals surface area contributed by atoms with E-state index in [1.807, 2.05) is 0 Å². The molecule has 1 aromatic carbocycles. The van der Waals surface area contributed by atoms with E-state index in [0.29, 0.717) is 11.6 Å². The topological polar surface area (TPSA) is 60.9 Å². The molecule has 0 spiro atoms. The Kier molecular flexibility index (Phi) is 5.00. The largest absolute Gasteiger partial charge is 0.458 e. The molecule has 0 atom stereocenters. The van der Waals surface area contributed by atoms with Gasteiger partial charge in [-0.2, -0.15) is 22.0 Å². The lowest BCUT2D eigenvalue weighted by molar-refractivity contribution is -0.289. The Balaban J connectivity index is 2.28. The summed E-state index contributed by atoms with van der Waals surface area (Å²) >= 11 is 1.01. The first kappa shape index (κ1) is 20.0. The second-order valence-corrected chi connectivity index (χ2v) is 6.98. The standard InChI is InChI=1S/C18H14F5N3OS/c1-10-4-2-3-5-11(10)9-26-13(15-25-6-7-28-15)8-12(14(24)16(26)27)17(19,20)18(21,22)23/h2-8H,9,24H2,1H3. The van der Waals surface area contributed by atoms with E-state index in [0.717, 1.165) is 21.5 Å². The van der Waals surface area contributed by atoms with Gasteiger partial charge in [0.1, 0.15) is 10.7 Å². The number of benzene rings is 1. The lowest BCUT2D eigenvalue weighted by atomic mass is 10.0. The van der Waals surface area contributed by atoms with Crippen molar-refractivity contribution in [3.8, 4) is 10.7 Å². The third-order valence-corrected chi connectivity index (χ3v) is 5.07. The highest BCUT2D eigenvalue weighted by Gasteiger charge is 2.60. The van der Waals surface area contributed by atoms with Gasteiger partial charge in [-0.15, -0.1) is 11.3 Å². The highest BCUT2D eigenvalue weighted by molar-refractivity contribution is 7.13. The maximum Gasteiger partial charge on any atom is 0.458 e. The van der Waals surface area contributed by atoms with Gasteiger partial charge in [-0.1, -0.05) is 24.3 Å². The number of alkyl halides is 5. The summed E-state index contributed by atoms with van der Waals surface area (Å²) in [5, 5.41) is 1.65. The number of aryl methyl sites for hydroxylation is 1. The van der Waals surface area contributed by atoms with Crippen LogP contribution in [0.25, 0.3) is 10.7 Å². The van der Waals surface area contributed by atoms with Gasteiger partial charge in [0.25, 0.3) is 5.56 Å². The smallest absolute Gasteiger partial charge is 0.394 e. The van der Waals surface area contributed by atoms with Gasteiger partial charge >= 0.3 is 12.1 Å². The predicted octanol–water partition coefficient (Wildman–Crippen LogP) is 4.56. The summed E-state index contributed by atoms with van der Waals surface area (Å²) in [6.45, 7) is 1.74. The molecule has 0 saturated heterocycles. The van der Waals surface area contributed by atoms with Gasteiger partial charge in [-0.25, -0.2) is 4.98 Å². The van der Waals surface area contributed by atoms with Gasteiger partial charge in [0.2, 0.25) is 0 Å². The Morgan fingerprint density at radius 2 is 1.86 bits per heavy atom. The Morgan fingerprint density at radius 3 is 2.43 bits per heavy atom. The van der Waals surface area contributed by atoms with E-state index in [1.165, 1.54) is 11.6 Å². The molecular formula is C18H14F5N3OS. The van der Waals surface area contributed by atoms with E-state index in [4.69, 9.17) is 5.73 Å². The lowest BCUT2D eigenvalue weighted by Crippen LogP contribution is -2.37. The van der Waals surface area contributed by atoms with Crippen molar-refractivity contribution >= 4 is 17.0 Å². The molecule has 2 N–H and O–H groups in total. The van der Waals surface area contributed by atoms with Crippen LogP contribution >= 0.6 is 11.3 Å². The molecule has 3 rings (SSSR count). The summed E-state index contributed by atoms with van der Waals surface area (Å²) in [7, 11) is 0. The van der Waals surface area contributed by atoms with Crippen molar-refractivity contribution in [3.63, 3.8) is 0 Å². The van der Waals surface area contributed by atoms with E-state index in [-0.39, 0.29) is 17.2 Å². The number of hydrogen-bond acceptors (Lipinski definition) is 4. The van der Waals surface area contributed by atoms with Crippen LogP contribution in [0.2, 0.25) is 0 Å². The summed E-state index contributed by atoms with van der Waals surface area (Å²) in [4.78, 5) is 16.7. The van der Waals surface area contributed by atoms with Crippen molar-refractivity contribution in [2.24, 2.45) is 0 Å². The minimum atomic E-state index is -5.89. The van der Waals surface area contributed by atoms with Crippen LogP contribution in [-0.2, 0) is 12.5 Å². The van der Waals surface area contributed by atoms with Crippen LogP contribution in [0.3, 0.4) is 0 Å². The number of halogens is 5. The molecule has 0 aliphatic rings. The minimum absolute atomic E-state index is 0.0531. The molecule has 148 valence electrons. The quantitative estimate of drug-likeness (QED) is 0.636. The summed E-state index contributed by atoms with van der Waals surface area (Å²) in [5.74, 6) is -5.27. The molecule has 0 aliphatic heterocycles. The fourth-order valence-corrected chi connectivity index (χ4v) is 3.38. The van der Waals surface area contributed by atoms with Crippen LogP contribution in [0.15, 0.2) is 46.7 Å². The van der Waals surface area contributed by atoms with Gasteiger partial charge in [0.05, 0.1) is 17.8 Å². The molecule has 0 unspecified atom stereocenters. The molecule has 0 amide bonds. The van der Waals surface area contributed by atoms with Crippen molar-refractivity contribution in [2.75, 3.05) is 5.73 Å². The van der Waals surface area contributed by atoms with Crippen LogP contribution < -0.4 is 11.3 Å². The van der Waals surface area contributed by atoms with Crippen LogP contribution in [0.1, 0.15) is 16.7 Å². The molecule has 0 fully saturated rings. The van der Waals surface area contributed by atoms with Gasteiger partial charge in [0.15, 0.2) is 0 Å². The van der Waals surface area contributed by atoms with Gasteiger partial charge < -0.3 is 5.73 Å². The average molecular weight is 415 g/mol. The van der Waals surface area contributed by atoms with E-state index in [1.54, 1.807) is 31.2 Å². The number of nitrogens with two attached hydrogens (primary N) is 1. The molecule has 0 radical (unpaired) electrons. The first-order valence-corrected chi connectivity index (χ1v) is 8.84. The van der Waals surface area contributed by atoms with Crippen molar-refractivity contribution in [1.29, 1.82) is 0 Å². The van der Waals surface area contributed by atoms with E-state index in [9.17, 15) is 26.7 Å². The predicted molar refractivity (Wildman–Crippen MR) is 96.5 cm³/mol. The summed E-state index contributed by atoms with van der Waals surface area (Å²) in [6.07, 6.45) is -4.53. The van der Waals surface area contributed by atoms with Crippen LogP contribution in [-0.4, -0.2) is 15.7 Å². The summed E-state index contributed by atoms with van der Waals surface area (Å²) in [5.41, 5.74) is 2.96. The Labute approximate surface area is 160 Å². The molecule has 28 heavy (non-hydrogen) atoms. The highest BCUT2D eigenvalue weighted by Crippen LogP contribution is 2.46. The monoisotopic (exact) mass is 415 g/mol. The molecular weight excluding hydrogens is 401 g/mol. The van der Waals surface area contributed by atoms with Gasteiger partial charge in [-0.3, -0.25) is 9.36 Å². The lowest BCUT2D eigenvalue weighted by Gasteiger charge is -2.23. The third-order valence-electron chi connectivity index (χ3n) is 4.27. The van der Waals surface area contributed by atoms with Crippen molar-refractivity contribution in [1.82, 2.24) is 9.55 Å². The second kappa shape index (κ2) is 7.01. The first-order chi connectivity index (χ1) is 13.0. The van der Waals surface area contributed by atoms with E-state index < -0.39 is 28.9 Å². The number of hydrogen-bond donors (Lipinski definition) is 1. The van der Waals surface area contributed by atoms with Crippen LogP contribution in [0, 0.1) is 6.92 Å². The Bertz CT molecular complexity index is 1060. The van der Waals surface area contributed by atoms with Crippen LogP contribution in [0.5, 0.6) is 0 Å². The van der Waals surface area contributed by atoms with Crippen molar-refractivity contribution in [3.05, 3.63) is 69.0 Å². The molecule has 0 bridgehead atoms. The summed E-state index contributed by atoms with van der Waals surface area (Å²) in [6, 6.07) is 7.62. The number of anilines is 1. The fourth-order valence-electron chi connectivity index (χ4n) is 2.72. The Hall–Kier alpha value is -2.75. The number of nitrogen functional groups attached to an aromatic ring is 1. The third kappa shape index (κ3) is 3.39. The van der Waals surface area contributed by atoms with E-state index >= 15 is 0 Å². The maximum absolute atomic E-state index is 14.0. The van der Waals surface area contributed by atoms with Gasteiger partial charge in [-0.05, 0) is 24.1 Å². The molecule has 10 heteroatoms. The molecule has 2 heterocycles. The van der Waals surface area contributed by atoms with Crippen LogP contribution in [0.4, 0.5) is 27.6 Å². The van der Waals surface area contributed by atoms with E-state index in [2.05, 4.69) is 4.98 Å². The average Bonchev–Trinajstić information content (AvgIpc) is 3.14. The Morgan fingerprint density at radius 1 is 1.18 bits per heavy atom. The zero-order valence-electron chi connectivity index (χ0n) is 14.4. The summed E-state index contributed by atoms with van der Waals surface area (Å²) < 4.78 is 67.7. The molecule has 0 saturated carbocycles. The number of nitrogens with zero attached hydrogens (tertiary/aromatic N) is 2. The zero-order chi connectivity index (χ0) is 20.7.